The number of pyridine rings is 1. The predicted octanol–water partition coefficient (Wildman–Crippen LogP) is 4.99. The van der Waals surface area contributed by atoms with Crippen LogP contribution in [-0.4, -0.2) is 50.6 Å². The first-order valence-corrected chi connectivity index (χ1v) is 12.2. The number of aromatic nitrogens is 3. The summed E-state index contributed by atoms with van der Waals surface area (Å²) in [7, 11) is 1.98. The number of esters is 1. The summed E-state index contributed by atoms with van der Waals surface area (Å²) >= 11 is 0. The van der Waals surface area contributed by atoms with Crippen molar-refractivity contribution in [1.29, 1.82) is 0 Å². The molecule has 4 aromatic rings. The van der Waals surface area contributed by atoms with E-state index in [1.54, 1.807) is 18.3 Å². The molecule has 36 heavy (non-hydrogen) atoms. The number of nitrogens with zero attached hydrogens (tertiary/aromatic N) is 4. The quantitative estimate of drug-likeness (QED) is 0.352. The fourth-order valence-corrected chi connectivity index (χ4v) is 4.21. The molecule has 5 rings (SSSR count). The normalized spacial score (nSPS) is 14.1. The van der Waals surface area contributed by atoms with E-state index in [0.29, 0.717) is 23.2 Å². The van der Waals surface area contributed by atoms with Gasteiger partial charge in [-0.2, -0.15) is 0 Å². The SMILES string of the molecule is Cc1ccc(Nc2nc3cc(Oc4ccnc(CC(=O)OC5CN(C(C)C)C5)c4)ccc3n2C)cc1. The first-order chi connectivity index (χ1) is 17.3. The minimum atomic E-state index is -0.267. The molecule has 1 aliphatic heterocycles. The fraction of sp³-hybridized carbons (Fsp3) is 0.321. The molecule has 1 fully saturated rings. The van der Waals surface area contributed by atoms with Gasteiger partial charge in [-0.15, -0.1) is 0 Å². The van der Waals surface area contributed by atoms with E-state index in [9.17, 15) is 4.79 Å². The van der Waals surface area contributed by atoms with Crippen LogP contribution >= 0.6 is 0 Å². The summed E-state index contributed by atoms with van der Waals surface area (Å²) in [6.07, 6.45) is 1.72. The molecule has 8 heteroatoms. The number of likely N-dealkylation sites (tertiary alicyclic amines) is 1. The molecule has 2 aromatic carbocycles. The van der Waals surface area contributed by atoms with Gasteiger partial charge in [0.15, 0.2) is 0 Å². The molecule has 0 saturated carbocycles. The van der Waals surface area contributed by atoms with Crippen LogP contribution in [0.25, 0.3) is 11.0 Å². The van der Waals surface area contributed by atoms with Crippen molar-refractivity contribution in [3.8, 4) is 11.5 Å². The molecule has 0 unspecified atom stereocenters. The van der Waals surface area contributed by atoms with Gasteiger partial charge in [-0.05, 0) is 51.1 Å². The van der Waals surface area contributed by atoms with Gasteiger partial charge in [0.05, 0.1) is 23.1 Å². The molecule has 0 aliphatic carbocycles. The van der Waals surface area contributed by atoms with Gasteiger partial charge in [-0.1, -0.05) is 17.7 Å². The van der Waals surface area contributed by atoms with Gasteiger partial charge in [-0.25, -0.2) is 4.98 Å². The highest BCUT2D eigenvalue weighted by Gasteiger charge is 2.31. The van der Waals surface area contributed by atoms with E-state index in [4.69, 9.17) is 14.5 Å². The topological polar surface area (TPSA) is 81.5 Å². The highest BCUT2D eigenvalue weighted by atomic mass is 16.5. The molecule has 1 saturated heterocycles. The number of imidazole rings is 1. The molecule has 0 radical (unpaired) electrons. The standard InChI is InChI=1S/C28H31N5O3/c1-18(2)33-16-24(17-33)36-27(34)14-21-13-23(11-12-29-21)35-22-9-10-26-25(15-22)31-28(32(26)4)30-20-7-5-19(3)6-8-20/h5-13,15,18,24H,14,16-17H2,1-4H3,(H,30,31). The van der Waals surface area contributed by atoms with Crippen molar-refractivity contribution >= 4 is 28.6 Å². The van der Waals surface area contributed by atoms with Crippen LogP contribution in [0, 0.1) is 6.92 Å². The summed E-state index contributed by atoms with van der Waals surface area (Å²) in [6, 6.07) is 18.0. The van der Waals surface area contributed by atoms with E-state index in [-0.39, 0.29) is 18.5 Å². The second-order valence-corrected chi connectivity index (χ2v) is 9.56. The molecule has 0 atom stereocenters. The van der Waals surface area contributed by atoms with Gasteiger partial charge in [0.2, 0.25) is 5.95 Å². The van der Waals surface area contributed by atoms with E-state index in [1.807, 2.05) is 41.9 Å². The van der Waals surface area contributed by atoms with Crippen LogP contribution in [0.4, 0.5) is 11.6 Å². The molecular formula is C28H31N5O3. The van der Waals surface area contributed by atoms with Crippen molar-refractivity contribution in [2.75, 3.05) is 18.4 Å². The summed E-state index contributed by atoms with van der Waals surface area (Å²) < 4.78 is 13.6. The lowest BCUT2D eigenvalue weighted by atomic mass is 10.1. The Morgan fingerprint density at radius 2 is 1.83 bits per heavy atom. The Labute approximate surface area is 210 Å². The number of anilines is 2. The van der Waals surface area contributed by atoms with Crippen LogP contribution in [0.15, 0.2) is 60.8 Å². The van der Waals surface area contributed by atoms with Crippen molar-refractivity contribution in [2.45, 2.75) is 39.3 Å². The zero-order chi connectivity index (χ0) is 25.2. The maximum Gasteiger partial charge on any atom is 0.312 e. The number of nitrogens with one attached hydrogen (secondary N) is 1. The van der Waals surface area contributed by atoms with Crippen molar-refractivity contribution in [2.24, 2.45) is 7.05 Å². The molecule has 1 aliphatic rings. The summed E-state index contributed by atoms with van der Waals surface area (Å²) in [6.45, 7) is 7.92. The van der Waals surface area contributed by atoms with Gasteiger partial charge >= 0.3 is 5.97 Å². The van der Waals surface area contributed by atoms with Crippen LogP contribution in [0.2, 0.25) is 0 Å². The summed E-state index contributed by atoms with van der Waals surface area (Å²) in [5.41, 5.74) is 4.61. The molecule has 3 heterocycles. The Morgan fingerprint density at radius 1 is 1.08 bits per heavy atom. The molecule has 186 valence electrons. The van der Waals surface area contributed by atoms with Crippen LogP contribution < -0.4 is 10.1 Å². The number of aryl methyl sites for hydroxylation is 2. The van der Waals surface area contributed by atoms with Crippen molar-refractivity contribution in [1.82, 2.24) is 19.4 Å². The Morgan fingerprint density at radius 3 is 2.58 bits per heavy atom. The zero-order valence-electron chi connectivity index (χ0n) is 21.1. The lowest BCUT2D eigenvalue weighted by molar-refractivity contribution is -0.158. The zero-order valence-corrected chi connectivity index (χ0v) is 21.1. The number of carbonyl (C=O) groups is 1. The number of rotatable bonds is 8. The molecule has 0 amide bonds. The van der Waals surface area contributed by atoms with E-state index < -0.39 is 0 Å². The number of ether oxygens (including phenoxy) is 2. The Bertz CT molecular complexity index is 1370. The van der Waals surface area contributed by atoms with Gasteiger partial charge < -0.3 is 19.4 Å². The lowest BCUT2D eigenvalue weighted by Crippen LogP contribution is -2.55. The number of hydrogen-bond donors (Lipinski definition) is 1. The Balaban J connectivity index is 1.23. The number of hydrogen-bond acceptors (Lipinski definition) is 7. The lowest BCUT2D eigenvalue weighted by Gasteiger charge is -2.41. The predicted molar refractivity (Wildman–Crippen MR) is 140 cm³/mol. The van der Waals surface area contributed by atoms with E-state index >= 15 is 0 Å². The minimum Gasteiger partial charge on any atom is -0.459 e. The van der Waals surface area contributed by atoms with E-state index in [2.05, 4.69) is 48.1 Å². The first kappa shape index (κ1) is 23.8. The first-order valence-electron chi connectivity index (χ1n) is 12.2. The Hall–Kier alpha value is -3.91. The van der Waals surface area contributed by atoms with Crippen LogP contribution in [-0.2, 0) is 23.0 Å². The molecule has 2 aromatic heterocycles. The average Bonchev–Trinajstić information content (AvgIpc) is 3.12. The maximum atomic E-state index is 12.4. The van der Waals surface area contributed by atoms with Gasteiger partial charge in [-0.3, -0.25) is 14.7 Å². The molecule has 0 bridgehead atoms. The summed E-state index contributed by atoms with van der Waals surface area (Å²) in [4.78, 5) is 23.7. The number of carbonyl (C=O) groups excluding carboxylic acids is 1. The van der Waals surface area contributed by atoms with Crippen LogP contribution in [0.1, 0.15) is 25.1 Å². The van der Waals surface area contributed by atoms with E-state index in [1.165, 1.54) is 5.56 Å². The van der Waals surface area contributed by atoms with E-state index in [0.717, 1.165) is 35.8 Å². The average molecular weight is 486 g/mol. The van der Waals surface area contributed by atoms with Crippen molar-refractivity contribution < 1.29 is 14.3 Å². The summed E-state index contributed by atoms with van der Waals surface area (Å²) in [5, 5.41) is 3.37. The summed E-state index contributed by atoms with van der Waals surface area (Å²) in [5.74, 6) is 1.75. The third-order valence-corrected chi connectivity index (χ3v) is 6.41. The van der Waals surface area contributed by atoms with Crippen molar-refractivity contribution in [3.05, 3.63) is 72.1 Å². The largest absolute Gasteiger partial charge is 0.459 e. The fourth-order valence-electron chi connectivity index (χ4n) is 4.21. The molecule has 8 nitrogen and oxygen atoms in total. The molecule has 0 spiro atoms. The Kier molecular flexibility index (Phi) is 6.61. The van der Waals surface area contributed by atoms with Gasteiger partial charge in [0, 0.05) is 50.2 Å². The highest BCUT2D eigenvalue weighted by molar-refractivity contribution is 5.81. The van der Waals surface area contributed by atoms with Gasteiger partial charge in [0.25, 0.3) is 0 Å². The smallest absolute Gasteiger partial charge is 0.312 e. The highest BCUT2D eigenvalue weighted by Crippen LogP contribution is 2.28. The third kappa shape index (κ3) is 5.33. The number of benzene rings is 2. The minimum absolute atomic E-state index is 0.0326. The third-order valence-electron chi connectivity index (χ3n) is 6.41. The second kappa shape index (κ2) is 9.99. The second-order valence-electron chi connectivity index (χ2n) is 9.56. The maximum absolute atomic E-state index is 12.4. The molecular weight excluding hydrogens is 454 g/mol. The van der Waals surface area contributed by atoms with Crippen molar-refractivity contribution in [3.63, 3.8) is 0 Å². The van der Waals surface area contributed by atoms with Gasteiger partial charge in [0.1, 0.15) is 17.6 Å². The number of fused-ring (bicyclic) bond motifs is 1. The van der Waals surface area contributed by atoms with Crippen LogP contribution in [0.5, 0.6) is 11.5 Å². The molecule has 1 N–H and O–H groups in total. The monoisotopic (exact) mass is 485 g/mol. The van der Waals surface area contributed by atoms with Crippen LogP contribution in [0.3, 0.4) is 0 Å².